The molecule has 7 atom stereocenters. The quantitative estimate of drug-likeness (QED) is 0.219. The number of nitrogens with two attached hydrogens (primary N) is 1. The Labute approximate surface area is 234 Å². The Balaban J connectivity index is 1.63. The summed E-state index contributed by atoms with van der Waals surface area (Å²) in [6.07, 6.45) is -6.35. The van der Waals surface area contributed by atoms with E-state index in [1.54, 1.807) is 32.0 Å². The molecule has 1 fully saturated rings. The van der Waals surface area contributed by atoms with E-state index in [2.05, 4.69) is 9.97 Å². The fraction of sp³-hybridized carbons (Fsp3) is 0.500. The lowest BCUT2D eigenvalue weighted by atomic mass is 9.95. The lowest BCUT2D eigenvalue weighted by Gasteiger charge is -2.29. The molecule has 1 aromatic carbocycles. The Morgan fingerprint density at radius 3 is 2.59 bits per heavy atom. The topological polar surface area (TPSA) is 168 Å². The zero-order valence-corrected chi connectivity index (χ0v) is 23.8. The van der Waals surface area contributed by atoms with Crippen LogP contribution in [0, 0.1) is 5.92 Å². The number of aliphatic hydroxyl groups excluding tert-OH is 1. The standard InChI is InChI=1S/C26H33F2N4O8P/c1-14(2)37-23(35)15(3)12-41(36,40-17-8-6-5-7-9-17)39-16(4)19-20(33)26(28,13-27)24(38-19)32-11-10-18-21(32)30-25(29)31-22(18)34/h5-11,14-16,19-20,24,33H,12-13H2,1-4H3,(H3,29,30,31,34)/t15-,16+,19-,20+,24-,26?,41-/m1/s1. The Morgan fingerprint density at radius 2 is 1.95 bits per heavy atom. The van der Waals surface area contributed by atoms with Crippen molar-refractivity contribution in [1.29, 1.82) is 0 Å². The molecule has 0 amide bonds. The molecule has 4 rings (SSSR count). The molecule has 41 heavy (non-hydrogen) atoms. The van der Waals surface area contributed by atoms with Gasteiger partial charge in [0, 0.05) is 6.20 Å². The number of anilines is 1. The number of nitrogens with zero attached hydrogens (tertiary/aromatic N) is 2. The first-order chi connectivity index (χ1) is 19.3. The summed E-state index contributed by atoms with van der Waals surface area (Å²) in [4.78, 5) is 31.0. The molecule has 1 saturated heterocycles. The Hall–Kier alpha value is -3.32. The number of halogens is 2. The molecule has 12 nitrogen and oxygen atoms in total. The van der Waals surface area contributed by atoms with E-state index >= 15 is 4.39 Å². The van der Waals surface area contributed by atoms with Gasteiger partial charge in [0.05, 0.1) is 29.7 Å². The maximum absolute atomic E-state index is 16.1. The van der Waals surface area contributed by atoms with E-state index in [4.69, 9.17) is 24.3 Å². The van der Waals surface area contributed by atoms with Gasteiger partial charge in [-0.15, -0.1) is 0 Å². The highest BCUT2D eigenvalue weighted by atomic mass is 31.2. The van der Waals surface area contributed by atoms with Crippen molar-refractivity contribution in [2.24, 2.45) is 5.92 Å². The van der Waals surface area contributed by atoms with Gasteiger partial charge in [0.15, 0.2) is 11.9 Å². The zero-order valence-electron chi connectivity index (χ0n) is 22.9. The van der Waals surface area contributed by atoms with E-state index in [9.17, 15) is 23.7 Å². The summed E-state index contributed by atoms with van der Waals surface area (Å²) < 4.78 is 67.9. The Morgan fingerprint density at radius 1 is 1.27 bits per heavy atom. The largest absolute Gasteiger partial charge is 0.463 e. The molecule has 0 aliphatic carbocycles. The number of ether oxygens (including phenoxy) is 2. The first-order valence-electron chi connectivity index (χ1n) is 13.0. The fourth-order valence-electron chi connectivity index (χ4n) is 4.63. The average Bonchev–Trinajstić information content (AvgIpc) is 3.42. The number of fused-ring (bicyclic) bond motifs is 1. The normalized spacial score (nSPS) is 25.6. The monoisotopic (exact) mass is 598 g/mol. The van der Waals surface area contributed by atoms with Crippen molar-refractivity contribution in [2.45, 2.75) is 64.0 Å². The molecule has 1 aliphatic rings. The third-order valence-corrected chi connectivity index (χ3v) is 8.72. The van der Waals surface area contributed by atoms with Crippen LogP contribution in [0.1, 0.15) is 33.9 Å². The van der Waals surface area contributed by atoms with Crippen molar-refractivity contribution in [3.8, 4) is 5.75 Å². The van der Waals surface area contributed by atoms with Crippen LogP contribution in [0.15, 0.2) is 47.4 Å². The molecule has 224 valence electrons. The number of hydrogen-bond acceptors (Lipinski definition) is 10. The number of H-pyrrole nitrogens is 1. The average molecular weight is 599 g/mol. The van der Waals surface area contributed by atoms with Crippen molar-refractivity contribution < 1.29 is 41.8 Å². The molecule has 0 radical (unpaired) electrons. The molecular formula is C26H33F2N4O8P. The Bertz CT molecular complexity index is 1490. The van der Waals surface area contributed by atoms with E-state index in [-0.39, 0.29) is 22.7 Å². The van der Waals surface area contributed by atoms with Crippen LogP contribution in [0.2, 0.25) is 0 Å². The van der Waals surface area contributed by atoms with Gasteiger partial charge in [0.1, 0.15) is 24.6 Å². The predicted molar refractivity (Wildman–Crippen MR) is 145 cm³/mol. The van der Waals surface area contributed by atoms with Gasteiger partial charge in [-0.2, -0.15) is 4.98 Å². The van der Waals surface area contributed by atoms with Crippen LogP contribution in [0.3, 0.4) is 0 Å². The first-order valence-corrected chi connectivity index (χ1v) is 14.7. The van der Waals surface area contributed by atoms with Crippen LogP contribution >= 0.6 is 7.60 Å². The fourth-order valence-corrected chi connectivity index (χ4v) is 6.72. The SMILES string of the molecule is CC(C)OC(=O)[C@H](C)C[P@](=O)(Oc1ccccc1)O[C@@H](C)[C@H]1O[C@@H](n2ccc3c(=O)[nH]c(N)nc32)C(F)(CF)[C@H]1O. The van der Waals surface area contributed by atoms with E-state index in [1.807, 2.05) is 0 Å². The molecule has 0 bridgehead atoms. The van der Waals surface area contributed by atoms with Crippen molar-refractivity contribution in [3.05, 3.63) is 52.9 Å². The number of nitrogens with one attached hydrogen (secondary N) is 1. The maximum Gasteiger partial charge on any atom is 0.380 e. The number of carbonyl (C=O) groups excluding carboxylic acids is 1. The summed E-state index contributed by atoms with van der Waals surface area (Å²) in [5.74, 6) is -1.64. The predicted octanol–water partition coefficient (Wildman–Crippen LogP) is 3.51. The van der Waals surface area contributed by atoms with Gasteiger partial charge in [0.2, 0.25) is 11.6 Å². The van der Waals surface area contributed by atoms with Crippen molar-refractivity contribution in [1.82, 2.24) is 14.5 Å². The second-order valence-electron chi connectivity index (χ2n) is 10.3. The number of aromatic amines is 1. The highest BCUT2D eigenvalue weighted by molar-refractivity contribution is 7.54. The van der Waals surface area contributed by atoms with E-state index in [0.29, 0.717) is 0 Å². The smallest absolute Gasteiger partial charge is 0.380 e. The van der Waals surface area contributed by atoms with Gasteiger partial charge in [-0.05, 0) is 39.0 Å². The van der Waals surface area contributed by atoms with Gasteiger partial charge in [-0.25, -0.2) is 13.3 Å². The lowest BCUT2D eigenvalue weighted by molar-refractivity contribution is -0.151. The van der Waals surface area contributed by atoms with Crippen LogP contribution in [0.4, 0.5) is 14.7 Å². The first kappa shape index (κ1) is 30.6. The third-order valence-electron chi connectivity index (χ3n) is 6.59. The number of benzene rings is 1. The van der Waals surface area contributed by atoms with Gasteiger partial charge in [-0.1, -0.05) is 25.1 Å². The second kappa shape index (κ2) is 11.9. The highest BCUT2D eigenvalue weighted by Gasteiger charge is 2.61. The maximum atomic E-state index is 16.1. The number of nitrogen functional groups attached to an aromatic ring is 1. The van der Waals surface area contributed by atoms with Crippen LogP contribution in [-0.2, 0) is 23.4 Å². The molecule has 1 aliphatic heterocycles. The highest BCUT2D eigenvalue weighted by Crippen LogP contribution is 2.53. The van der Waals surface area contributed by atoms with E-state index in [1.165, 1.54) is 38.2 Å². The third kappa shape index (κ3) is 6.30. The van der Waals surface area contributed by atoms with Gasteiger partial charge >= 0.3 is 13.6 Å². The summed E-state index contributed by atoms with van der Waals surface area (Å²) >= 11 is 0. The molecule has 1 unspecified atom stereocenters. The van der Waals surface area contributed by atoms with E-state index in [0.717, 1.165) is 4.57 Å². The number of hydrogen-bond donors (Lipinski definition) is 3. The van der Waals surface area contributed by atoms with Crippen molar-refractivity contribution >= 4 is 30.5 Å². The molecule has 2 aromatic heterocycles. The number of aliphatic hydroxyl groups is 1. The lowest BCUT2D eigenvalue weighted by Crippen LogP contribution is -2.47. The molecule has 0 saturated carbocycles. The zero-order chi connectivity index (χ0) is 30.1. The van der Waals surface area contributed by atoms with Crippen molar-refractivity contribution in [3.63, 3.8) is 0 Å². The Kier molecular flexibility index (Phi) is 8.88. The van der Waals surface area contributed by atoms with Crippen LogP contribution in [-0.4, -0.2) is 68.5 Å². The minimum atomic E-state index is -4.20. The van der Waals surface area contributed by atoms with E-state index < -0.39 is 74.2 Å². The molecule has 0 spiro atoms. The number of para-hydroxylation sites is 1. The summed E-state index contributed by atoms with van der Waals surface area (Å²) in [6.45, 7) is 4.50. The summed E-state index contributed by atoms with van der Waals surface area (Å²) in [6, 6.07) is 9.37. The molecule has 3 heterocycles. The molecular weight excluding hydrogens is 565 g/mol. The van der Waals surface area contributed by atoms with Gasteiger partial charge in [0.25, 0.3) is 5.56 Å². The van der Waals surface area contributed by atoms with Crippen LogP contribution < -0.4 is 15.8 Å². The molecule has 15 heteroatoms. The number of carbonyl (C=O) groups is 1. The number of esters is 1. The summed E-state index contributed by atoms with van der Waals surface area (Å²) in [5, 5.41) is 11.0. The molecule has 3 aromatic rings. The summed E-state index contributed by atoms with van der Waals surface area (Å²) in [7, 11) is -4.20. The van der Waals surface area contributed by atoms with Gasteiger partial charge < -0.3 is 29.4 Å². The van der Waals surface area contributed by atoms with Crippen LogP contribution in [0.25, 0.3) is 11.0 Å². The minimum Gasteiger partial charge on any atom is -0.463 e. The van der Waals surface area contributed by atoms with Crippen LogP contribution in [0.5, 0.6) is 5.75 Å². The minimum absolute atomic E-state index is 0.0364. The number of aromatic nitrogens is 3. The second-order valence-corrected chi connectivity index (χ2v) is 12.2. The molecule has 4 N–H and O–H groups in total. The number of alkyl halides is 2. The number of rotatable bonds is 11. The summed E-state index contributed by atoms with van der Waals surface area (Å²) in [5.41, 5.74) is 1.93. The van der Waals surface area contributed by atoms with Gasteiger partial charge in [-0.3, -0.25) is 19.1 Å². The van der Waals surface area contributed by atoms with Crippen molar-refractivity contribution in [2.75, 3.05) is 18.6 Å².